The number of aliphatic imine (C=N–C) groups is 1. The van der Waals surface area contributed by atoms with Gasteiger partial charge >= 0.3 is 0 Å². The van der Waals surface area contributed by atoms with Gasteiger partial charge < -0.3 is 29.7 Å². The number of rotatable bonds is 9. The van der Waals surface area contributed by atoms with Crippen molar-refractivity contribution in [1.82, 2.24) is 10.2 Å². The number of piperazine rings is 1. The summed E-state index contributed by atoms with van der Waals surface area (Å²) in [6, 6.07) is 8.19. The Morgan fingerprint density at radius 3 is 2.34 bits per heavy atom. The summed E-state index contributed by atoms with van der Waals surface area (Å²) in [7, 11) is 1.68. The molecule has 1 aliphatic rings. The molecule has 0 aromatic heterocycles. The average Bonchev–Trinajstić information content (AvgIpc) is 2.71. The van der Waals surface area contributed by atoms with Crippen LogP contribution in [0.2, 0.25) is 0 Å². The SMILES string of the molecule is CCNC(=NCC(O)COCC(C)C)N1CCN(c2ccc(OC)cc2)CC1.I. The van der Waals surface area contributed by atoms with Crippen LogP contribution in [0.15, 0.2) is 29.3 Å². The van der Waals surface area contributed by atoms with Crippen molar-refractivity contribution in [3.8, 4) is 5.75 Å². The Kier molecular flexibility index (Phi) is 12.3. The van der Waals surface area contributed by atoms with E-state index in [2.05, 4.69) is 53.0 Å². The molecule has 1 aromatic carbocycles. The molecule has 0 bridgehead atoms. The van der Waals surface area contributed by atoms with Crippen molar-refractivity contribution in [3.63, 3.8) is 0 Å². The van der Waals surface area contributed by atoms with E-state index < -0.39 is 6.10 Å². The third kappa shape index (κ3) is 8.96. The van der Waals surface area contributed by atoms with Crippen LogP contribution in [0.3, 0.4) is 0 Å². The van der Waals surface area contributed by atoms with Crippen LogP contribution in [0.25, 0.3) is 0 Å². The second kappa shape index (κ2) is 13.9. The predicted octanol–water partition coefficient (Wildman–Crippen LogP) is 2.43. The Morgan fingerprint density at radius 2 is 1.79 bits per heavy atom. The smallest absolute Gasteiger partial charge is 0.194 e. The molecule has 1 aliphatic heterocycles. The van der Waals surface area contributed by atoms with Crippen molar-refractivity contribution >= 4 is 35.6 Å². The fraction of sp³-hybridized carbons (Fsp3) is 0.667. The first-order valence-electron chi connectivity index (χ1n) is 10.2. The highest BCUT2D eigenvalue weighted by Crippen LogP contribution is 2.20. The molecule has 0 saturated carbocycles. The summed E-state index contributed by atoms with van der Waals surface area (Å²) < 4.78 is 10.7. The van der Waals surface area contributed by atoms with Crippen molar-refractivity contribution in [1.29, 1.82) is 0 Å². The quantitative estimate of drug-likeness (QED) is 0.296. The number of benzene rings is 1. The molecule has 0 amide bonds. The van der Waals surface area contributed by atoms with E-state index in [0.29, 0.717) is 25.7 Å². The van der Waals surface area contributed by atoms with Crippen molar-refractivity contribution in [2.75, 3.05) is 64.5 Å². The van der Waals surface area contributed by atoms with Gasteiger partial charge in [-0.1, -0.05) is 13.8 Å². The fourth-order valence-corrected chi connectivity index (χ4v) is 3.08. The number of aliphatic hydroxyl groups excluding tert-OH is 1. The lowest BCUT2D eigenvalue weighted by molar-refractivity contribution is 0.0300. The van der Waals surface area contributed by atoms with Crippen LogP contribution >= 0.6 is 24.0 Å². The Hall–Kier alpha value is -1.26. The minimum Gasteiger partial charge on any atom is -0.497 e. The van der Waals surface area contributed by atoms with Gasteiger partial charge in [0.1, 0.15) is 5.75 Å². The minimum absolute atomic E-state index is 0. The molecule has 0 aliphatic carbocycles. The summed E-state index contributed by atoms with van der Waals surface area (Å²) in [4.78, 5) is 9.25. The number of hydrogen-bond donors (Lipinski definition) is 2. The molecule has 29 heavy (non-hydrogen) atoms. The van der Waals surface area contributed by atoms with E-state index in [-0.39, 0.29) is 24.0 Å². The number of halogens is 1. The third-order valence-electron chi connectivity index (χ3n) is 4.56. The summed E-state index contributed by atoms with van der Waals surface area (Å²) in [6.45, 7) is 12.0. The largest absolute Gasteiger partial charge is 0.497 e. The van der Waals surface area contributed by atoms with E-state index in [1.807, 2.05) is 12.1 Å². The normalized spacial score (nSPS) is 15.9. The number of aliphatic hydroxyl groups is 1. The fourth-order valence-electron chi connectivity index (χ4n) is 3.08. The van der Waals surface area contributed by atoms with Crippen molar-refractivity contribution in [3.05, 3.63) is 24.3 Å². The molecule has 7 nitrogen and oxygen atoms in total. The zero-order valence-corrected chi connectivity index (χ0v) is 20.5. The summed E-state index contributed by atoms with van der Waals surface area (Å²) in [5, 5.41) is 13.5. The number of methoxy groups -OCH3 is 1. The van der Waals surface area contributed by atoms with Gasteiger partial charge in [-0.15, -0.1) is 24.0 Å². The molecule has 2 N–H and O–H groups in total. The Bertz CT molecular complexity index is 590. The predicted molar refractivity (Wildman–Crippen MR) is 130 cm³/mol. The first-order valence-corrected chi connectivity index (χ1v) is 10.2. The summed E-state index contributed by atoms with van der Waals surface area (Å²) >= 11 is 0. The zero-order valence-electron chi connectivity index (χ0n) is 18.1. The number of nitrogens with zero attached hydrogens (tertiary/aromatic N) is 3. The molecule has 0 spiro atoms. The van der Waals surface area contributed by atoms with Gasteiger partial charge in [0.15, 0.2) is 5.96 Å². The maximum atomic E-state index is 10.1. The lowest BCUT2D eigenvalue weighted by atomic mass is 10.2. The Morgan fingerprint density at radius 1 is 1.14 bits per heavy atom. The average molecular weight is 520 g/mol. The van der Waals surface area contributed by atoms with Gasteiger partial charge in [-0.3, -0.25) is 4.99 Å². The van der Waals surface area contributed by atoms with Crippen molar-refractivity contribution < 1.29 is 14.6 Å². The van der Waals surface area contributed by atoms with E-state index in [0.717, 1.165) is 44.4 Å². The van der Waals surface area contributed by atoms with Gasteiger partial charge in [0.2, 0.25) is 0 Å². The summed E-state index contributed by atoms with van der Waals surface area (Å²) in [5.74, 6) is 2.20. The zero-order chi connectivity index (χ0) is 20.4. The molecule has 166 valence electrons. The van der Waals surface area contributed by atoms with Crippen molar-refractivity contribution in [2.24, 2.45) is 10.9 Å². The number of guanidine groups is 1. The highest BCUT2D eigenvalue weighted by Gasteiger charge is 2.20. The Labute approximate surface area is 192 Å². The van der Waals surface area contributed by atoms with Gasteiger partial charge in [0, 0.05) is 45.0 Å². The van der Waals surface area contributed by atoms with Crippen LogP contribution in [0.1, 0.15) is 20.8 Å². The molecule has 1 fully saturated rings. The molecular formula is C21H37IN4O3. The van der Waals surface area contributed by atoms with Gasteiger partial charge in [-0.05, 0) is 37.1 Å². The number of anilines is 1. The van der Waals surface area contributed by atoms with E-state index >= 15 is 0 Å². The van der Waals surface area contributed by atoms with Crippen LogP contribution in [-0.4, -0.2) is 81.7 Å². The van der Waals surface area contributed by atoms with Crippen LogP contribution < -0.4 is 15.0 Å². The summed E-state index contributed by atoms with van der Waals surface area (Å²) in [5.41, 5.74) is 1.21. The second-order valence-corrected chi connectivity index (χ2v) is 7.45. The molecule has 1 unspecified atom stereocenters. The molecule has 1 aromatic rings. The second-order valence-electron chi connectivity index (χ2n) is 7.45. The highest BCUT2D eigenvalue weighted by atomic mass is 127. The maximum Gasteiger partial charge on any atom is 0.194 e. The topological polar surface area (TPSA) is 69.6 Å². The lowest BCUT2D eigenvalue weighted by Gasteiger charge is -2.37. The van der Waals surface area contributed by atoms with Gasteiger partial charge in [0.05, 0.1) is 26.4 Å². The first kappa shape index (κ1) is 25.8. The monoisotopic (exact) mass is 520 g/mol. The molecule has 8 heteroatoms. The lowest BCUT2D eigenvalue weighted by Crippen LogP contribution is -2.52. The number of hydrogen-bond acceptors (Lipinski definition) is 5. The van der Waals surface area contributed by atoms with E-state index in [1.54, 1.807) is 7.11 Å². The first-order chi connectivity index (χ1) is 13.5. The molecule has 1 heterocycles. The van der Waals surface area contributed by atoms with Gasteiger partial charge in [0.25, 0.3) is 0 Å². The van der Waals surface area contributed by atoms with Crippen LogP contribution in [0, 0.1) is 5.92 Å². The number of nitrogens with one attached hydrogen (secondary N) is 1. The Balaban J connectivity index is 0.00000420. The molecule has 1 saturated heterocycles. The third-order valence-corrected chi connectivity index (χ3v) is 4.56. The summed E-state index contributed by atoms with van der Waals surface area (Å²) in [6.07, 6.45) is -0.576. The van der Waals surface area contributed by atoms with Crippen LogP contribution in [0.5, 0.6) is 5.75 Å². The van der Waals surface area contributed by atoms with E-state index in [4.69, 9.17) is 9.47 Å². The van der Waals surface area contributed by atoms with E-state index in [9.17, 15) is 5.11 Å². The maximum absolute atomic E-state index is 10.1. The number of ether oxygens (including phenoxy) is 2. The minimum atomic E-state index is -0.576. The molecule has 0 radical (unpaired) electrons. The van der Waals surface area contributed by atoms with E-state index in [1.165, 1.54) is 5.69 Å². The van der Waals surface area contributed by atoms with Crippen molar-refractivity contribution in [2.45, 2.75) is 26.9 Å². The van der Waals surface area contributed by atoms with Gasteiger partial charge in [-0.25, -0.2) is 0 Å². The molecule has 1 atom stereocenters. The molecular weight excluding hydrogens is 483 g/mol. The van der Waals surface area contributed by atoms with Crippen LogP contribution in [-0.2, 0) is 4.74 Å². The standard InChI is InChI=1S/C21H36N4O3.HI/c1-5-22-21(23-14-19(26)16-28-15-17(2)3)25-12-10-24(11-13-25)18-6-8-20(27-4)9-7-18;/h6-9,17,19,26H,5,10-16H2,1-4H3,(H,22,23);1H. The highest BCUT2D eigenvalue weighted by molar-refractivity contribution is 14.0. The van der Waals surface area contributed by atoms with Crippen LogP contribution in [0.4, 0.5) is 5.69 Å². The van der Waals surface area contributed by atoms with Gasteiger partial charge in [-0.2, -0.15) is 0 Å². The molecule has 2 rings (SSSR count).